The van der Waals surface area contributed by atoms with E-state index in [0.29, 0.717) is 0 Å². The van der Waals surface area contributed by atoms with Gasteiger partial charge in [0.25, 0.3) is 11.8 Å². The smallest absolute Gasteiger partial charge is 0.284 e. The highest BCUT2D eigenvalue weighted by molar-refractivity contribution is 7.11. The second kappa shape index (κ2) is 7.44. The first kappa shape index (κ1) is 22.4. The van der Waals surface area contributed by atoms with E-state index in [0.717, 1.165) is 31.3 Å². The molecule has 4 atom stereocenters. The van der Waals surface area contributed by atoms with Crippen molar-refractivity contribution < 1.29 is 26.7 Å². The molecular weight excluding hydrogens is 427 g/mol. The zero-order chi connectivity index (χ0) is 22.5. The molecule has 1 aromatic heterocycles. The number of nitrogens with two attached hydrogens (primary N) is 1. The van der Waals surface area contributed by atoms with Crippen LogP contribution >= 0.6 is 11.3 Å². The highest BCUT2D eigenvalue weighted by atomic mass is 32.1. The number of carbonyl (C=O) groups excluding carboxylic acids is 1. The van der Waals surface area contributed by atoms with Crippen molar-refractivity contribution in [1.29, 1.82) is 0 Å². The molecule has 0 radical (unpaired) electrons. The summed E-state index contributed by atoms with van der Waals surface area (Å²) >= 11 is 0.921. The number of hydrogen-bond acceptors (Lipinski definition) is 5. The third-order valence-corrected chi connectivity index (χ3v) is 6.53. The number of hydrogen-bond donors (Lipinski definition) is 2. The molecule has 164 valence electrons. The van der Waals surface area contributed by atoms with E-state index in [1.54, 1.807) is 0 Å². The van der Waals surface area contributed by atoms with Crippen LogP contribution in [0.3, 0.4) is 0 Å². The summed E-state index contributed by atoms with van der Waals surface area (Å²) < 4.78 is 71.8. The van der Waals surface area contributed by atoms with E-state index in [1.165, 1.54) is 18.4 Å². The summed E-state index contributed by atoms with van der Waals surface area (Å²) in [4.78, 5) is 20.0. The monoisotopic (exact) mass is 448 g/mol. The van der Waals surface area contributed by atoms with Crippen LogP contribution in [0.15, 0.2) is 34.0 Å². The van der Waals surface area contributed by atoms with Gasteiger partial charge in [0.1, 0.15) is 23.9 Å². The highest BCUT2D eigenvalue weighted by Crippen LogP contribution is 2.53. The van der Waals surface area contributed by atoms with Gasteiger partial charge in [0, 0.05) is 22.9 Å². The maximum Gasteiger partial charge on any atom is 0.284 e. The summed E-state index contributed by atoms with van der Waals surface area (Å²) in [5, 5.41) is 3.88. The van der Waals surface area contributed by atoms with Crippen molar-refractivity contribution in [3.8, 4) is 0 Å². The van der Waals surface area contributed by atoms with Crippen molar-refractivity contribution in [2.45, 2.75) is 51.0 Å². The third-order valence-electron chi connectivity index (χ3n) is 5.64. The average Bonchev–Trinajstić information content (AvgIpc) is 3.11. The Bertz CT molecular complexity index is 954. The van der Waals surface area contributed by atoms with Gasteiger partial charge >= 0.3 is 0 Å². The SMILES string of the molecule is CC1C(NC(=O)c2nc(CF)cs2)=CC=C(F)C1[C@@]1(C)N=C(N)[C@@](C)(F)CC1(F)F. The van der Waals surface area contributed by atoms with Crippen LogP contribution in [0.5, 0.6) is 0 Å². The van der Waals surface area contributed by atoms with Crippen molar-refractivity contribution >= 4 is 23.1 Å². The summed E-state index contributed by atoms with van der Waals surface area (Å²) in [6.07, 6.45) is 0.985. The molecule has 2 heterocycles. The number of aromatic nitrogens is 1. The molecule has 0 spiro atoms. The van der Waals surface area contributed by atoms with Gasteiger partial charge in [-0.2, -0.15) is 0 Å². The average molecular weight is 448 g/mol. The first-order valence-corrected chi connectivity index (χ1v) is 10.0. The number of nitrogens with zero attached hydrogens (tertiary/aromatic N) is 2. The zero-order valence-electron chi connectivity index (χ0n) is 16.5. The van der Waals surface area contributed by atoms with E-state index >= 15 is 8.78 Å². The first-order chi connectivity index (χ1) is 13.8. The standard InChI is InChI=1S/C19H21F5N4OS/c1-9-12(27-14(29)15-26-10(6-20)7-30-15)5-4-11(21)13(9)18(3)19(23,24)8-17(2,22)16(25)28-18/h4-5,7,9,13H,6,8H2,1-3H3,(H2,25,28)(H,27,29)/t9?,13?,17-,18+/m0/s1. The summed E-state index contributed by atoms with van der Waals surface area (Å²) in [5.41, 5.74) is 0.951. The van der Waals surface area contributed by atoms with Crippen LogP contribution in [0.4, 0.5) is 22.0 Å². The Hall–Kier alpha value is -2.30. The van der Waals surface area contributed by atoms with Crippen LogP contribution in [-0.2, 0) is 6.67 Å². The van der Waals surface area contributed by atoms with Crippen molar-refractivity contribution in [3.05, 3.63) is 39.8 Å². The molecular formula is C19H21F5N4OS. The molecule has 0 fully saturated rings. The zero-order valence-corrected chi connectivity index (χ0v) is 17.3. The van der Waals surface area contributed by atoms with Crippen molar-refractivity contribution in [2.75, 3.05) is 0 Å². The Morgan fingerprint density at radius 3 is 2.60 bits per heavy atom. The molecule has 1 amide bonds. The van der Waals surface area contributed by atoms with Gasteiger partial charge < -0.3 is 11.1 Å². The molecule has 0 aromatic carbocycles. The number of thiazole rings is 1. The number of alkyl halides is 4. The fraction of sp³-hybridized carbons (Fsp3) is 0.526. The topological polar surface area (TPSA) is 80.4 Å². The molecule has 1 aliphatic carbocycles. The molecule has 2 aliphatic rings. The van der Waals surface area contributed by atoms with Gasteiger partial charge in [-0.25, -0.2) is 26.9 Å². The summed E-state index contributed by atoms with van der Waals surface area (Å²) in [7, 11) is 0. The van der Waals surface area contributed by atoms with Gasteiger partial charge in [-0.1, -0.05) is 6.92 Å². The minimum absolute atomic E-state index is 0.0213. The van der Waals surface area contributed by atoms with Gasteiger partial charge in [-0.15, -0.1) is 11.3 Å². The number of carbonyl (C=O) groups is 1. The summed E-state index contributed by atoms with van der Waals surface area (Å²) in [6.45, 7) is 2.55. The fourth-order valence-electron chi connectivity index (χ4n) is 3.84. The molecule has 1 aliphatic heterocycles. The van der Waals surface area contributed by atoms with Crippen molar-refractivity contribution in [2.24, 2.45) is 22.6 Å². The molecule has 0 saturated heterocycles. The van der Waals surface area contributed by atoms with E-state index in [2.05, 4.69) is 15.3 Å². The molecule has 1 aromatic rings. The lowest BCUT2D eigenvalue weighted by Crippen LogP contribution is -2.62. The number of halogens is 5. The molecule has 0 saturated carbocycles. The lowest BCUT2D eigenvalue weighted by Gasteiger charge is -2.48. The first-order valence-electron chi connectivity index (χ1n) is 9.14. The number of aliphatic imine (C=N–C) groups is 1. The quantitative estimate of drug-likeness (QED) is 0.677. The van der Waals surface area contributed by atoms with Crippen LogP contribution in [0.1, 0.15) is 42.7 Å². The van der Waals surface area contributed by atoms with Crippen LogP contribution in [-0.4, -0.2) is 33.9 Å². The minimum atomic E-state index is -3.71. The summed E-state index contributed by atoms with van der Waals surface area (Å²) in [5.74, 6) is -8.34. The van der Waals surface area contributed by atoms with Gasteiger partial charge in [0.15, 0.2) is 10.7 Å². The predicted octanol–water partition coefficient (Wildman–Crippen LogP) is 4.23. The predicted molar refractivity (Wildman–Crippen MR) is 103 cm³/mol. The van der Waals surface area contributed by atoms with Gasteiger partial charge in [-0.05, 0) is 26.0 Å². The molecule has 3 rings (SSSR count). The molecule has 2 unspecified atom stereocenters. The number of nitrogens with one attached hydrogen (secondary N) is 1. The number of amidine groups is 1. The van der Waals surface area contributed by atoms with Crippen LogP contribution in [0, 0.1) is 11.8 Å². The highest BCUT2D eigenvalue weighted by Gasteiger charge is 2.64. The second-order valence-corrected chi connectivity index (χ2v) is 8.75. The van der Waals surface area contributed by atoms with Crippen LogP contribution < -0.4 is 11.1 Å². The number of amides is 1. The Labute approximate surface area is 174 Å². The minimum Gasteiger partial charge on any atom is -0.385 e. The van der Waals surface area contributed by atoms with E-state index in [-0.39, 0.29) is 16.4 Å². The van der Waals surface area contributed by atoms with E-state index in [1.807, 2.05) is 0 Å². The molecule has 30 heavy (non-hydrogen) atoms. The lowest BCUT2D eigenvalue weighted by molar-refractivity contribution is -0.124. The van der Waals surface area contributed by atoms with E-state index in [4.69, 9.17) is 5.73 Å². The van der Waals surface area contributed by atoms with Gasteiger partial charge in [-0.3, -0.25) is 9.79 Å². The fourth-order valence-corrected chi connectivity index (χ4v) is 4.53. The third kappa shape index (κ3) is 3.63. The number of rotatable bonds is 4. The maximum absolute atomic E-state index is 15.0. The molecule has 0 bridgehead atoms. The Balaban J connectivity index is 1.92. The van der Waals surface area contributed by atoms with Gasteiger partial charge in [0.05, 0.1) is 12.1 Å². The van der Waals surface area contributed by atoms with E-state index < -0.39 is 59.6 Å². The van der Waals surface area contributed by atoms with Crippen molar-refractivity contribution in [1.82, 2.24) is 10.3 Å². The summed E-state index contributed by atoms with van der Waals surface area (Å²) in [6, 6.07) is 0. The van der Waals surface area contributed by atoms with Gasteiger partial charge in [0.2, 0.25) is 0 Å². The Kier molecular flexibility index (Phi) is 5.55. The Morgan fingerprint density at radius 1 is 1.33 bits per heavy atom. The van der Waals surface area contributed by atoms with Crippen LogP contribution in [0.25, 0.3) is 0 Å². The molecule has 11 heteroatoms. The lowest BCUT2D eigenvalue weighted by atomic mass is 9.67. The Morgan fingerprint density at radius 2 is 2.00 bits per heavy atom. The van der Waals surface area contributed by atoms with Crippen LogP contribution in [0.2, 0.25) is 0 Å². The van der Waals surface area contributed by atoms with E-state index in [9.17, 15) is 18.0 Å². The largest absolute Gasteiger partial charge is 0.385 e. The number of allylic oxidation sites excluding steroid dienone is 3. The molecule has 5 nitrogen and oxygen atoms in total. The van der Waals surface area contributed by atoms with Crippen molar-refractivity contribution in [3.63, 3.8) is 0 Å². The normalized spacial score (nSPS) is 33.4. The second-order valence-electron chi connectivity index (χ2n) is 7.89. The maximum atomic E-state index is 15.0. The molecule has 3 N–H and O–H groups in total.